The van der Waals surface area contributed by atoms with Crippen LogP contribution in [0.25, 0.3) is 0 Å². The number of hydrogen-bond donors (Lipinski definition) is 1. The van der Waals surface area contributed by atoms with Crippen LogP contribution in [0.3, 0.4) is 0 Å². The van der Waals surface area contributed by atoms with E-state index in [0.717, 1.165) is 25.7 Å². The Bertz CT molecular complexity index is 245. The molecule has 1 heterocycles. The van der Waals surface area contributed by atoms with Gasteiger partial charge in [-0.15, -0.1) is 0 Å². The number of likely N-dealkylation sites (tertiary alicyclic amines) is 1. The van der Waals surface area contributed by atoms with Gasteiger partial charge in [-0.3, -0.25) is 4.79 Å². The molecule has 1 atom stereocenters. The molecule has 0 aromatic rings. The topological polar surface area (TPSA) is 57.6 Å². The van der Waals surface area contributed by atoms with Gasteiger partial charge >= 0.3 is 5.97 Å². The van der Waals surface area contributed by atoms with Crippen LogP contribution in [0.5, 0.6) is 0 Å². The number of amides is 1. The monoisotopic (exact) mass is 236 g/mol. The van der Waals surface area contributed by atoms with Crippen molar-refractivity contribution in [3.8, 4) is 0 Å². The fourth-order valence-corrected chi connectivity index (χ4v) is 1.99. The maximum Gasteiger partial charge on any atom is 0.326 e. The molecule has 4 nitrogen and oxygen atoms in total. The Labute approximate surface area is 119 Å². The molecule has 0 unspecified atom stereocenters. The molecule has 1 N–H and O–H groups in total. The van der Waals surface area contributed by atoms with Crippen LogP contribution in [-0.2, 0) is 9.59 Å². The Morgan fingerprint density at radius 3 is 2.62 bits per heavy atom. The average Bonchev–Trinajstić information content (AvgIpc) is 2.66. The molecule has 0 bridgehead atoms. The maximum absolute atomic E-state index is 11.7. The van der Waals surface area contributed by atoms with Crippen molar-refractivity contribution in [3.05, 3.63) is 0 Å². The van der Waals surface area contributed by atoms with Crippen molar-refractivity contribution in [2.75, 3.05) is 6.54 Å². The van der Waals surface area contributed by atoms with Crippen LogP contribution in [0, 0.1) is 0 Å². The number of hydrogen-bond acceptors (Lipinski definition) is 2. The van der Waals surface area contributed by atoms with Gasteiger partial charge in [0.15, 0.2) is 0 Å². The van der Waals surface area contributed by atoms with Crippen molar-refractivity contribution in [3.63, 3.8) is 0 Å². The van der Waals surface area contributed by atoms with Gasteiger partial charge in [0, 0.05) is 42.5 Å². The minimum Gasteiger partial charge on any atom is -0.480 e. The summed E-state index contributed by atoms with van der Waals surface area (Å²) in [6.07, 6.45) is 4.91. The Hall–Kier alpha value is -0.0600. The summed E-state index contributed by atoms with van der Waals surface area (Å²) in [6.45, 7) is 2.70. The fraction of sp³-hybridized carbons (Fsp3) is 0.818. The van der Waals surface area contributed by atoms with E-state index in [-0.39, 0.29) is 35.5 Å². The summed E-state index contributed by atoms with van der Waals surface area (Å²) >= 11 is 0. The molecular formula is C11H19NNaO3. The predicted molar refractivity (Wildman–Crippen MR) is 62.3 cm³/mol. The second kappa shape index (κ2) is 8.09. The van der Waals surface area contributed by atoms with E-state index in [2.05, 4.69) is 6.92 Å². The normalized spacial score (nSPS) is 19.3. The molecule has 0 aromatic heterocycles. The van der Waals surface area contributed by atoms with E-state index in [9.17, 15) is 9.59 Å². The van der Waals surface area contributed by atoms with Crippen LogP contribution in [0.1, 0.15) is 45.4 Å². The molecule has 1 saturated heterocycles. The molecule has 87 valence electrons. The first kappa shape index (κ1) is 15.9. The van der Waals surface area contributed by atoms with Crippen LogP contribution < -0.4 is 0 Å². The molecule has 5 heteroatoms. The van der Waals surface area contributed by atoms with Gasteiger partial charge in [0.1, 0.15) is 6.04 Å². The second-order valence-corrected chi connectivity index (χ2v) is 4.04. The Kier molecular flexibility index (Phi) is 8.06. The van der Waals surface area contributed by atoms with Gasteiger partial charge in [0.05, 0.1) is 0 Å². The van der Waals surface area contributed by atoms with E-state index >= 15 is 0 Å². The quantitative estimate of drug-likeness (QED) is 0.577. The Morgan fingerprint density at radius 1 is 1.38 bits per heavy atom. The van der Waals surface area contributed by atoms with Crippen molar-refractivity contribution in [1.82, 2.24) is 4.90 Å². The average molecular weight is 236 g/mol. The minimum absolute atomic E-state index is 0. The van der Waals surface area contributed by atoms with Gasteiger partial charge in [-0.05, 0) is 19.3 Å². The van der Waals surface area contributed by atoms with Gasteiger partial charge < -0.3 is 10.0 Å². The van der Waals surface area contributed by atoms with E-state index in [4.69, 9.17) is 5.11 Å². The molecule has 1 radical (unpaired) electrons. The third-order valence-electron chi connectivity index (χ3n) is 2.85. The van der Waals surface area contributed by atoms with Crippen LogP contribution in [0.2, 0.25) is 0 Å². The largest absolute Gasteiger partial charge is 0.480 e. The van der Waals surface area contributed by atoms with Crippen molar-refractivity contribution >= 4 is 41.4 Å². The standard InChI is InChI=1S/C11H19NO3.Na/c1-2-3-4-7-10(13)12-8-5-6-9(12)11(14)15;/h9H,2-8H2,1H3,(H,14,15);/t9-;/m0./s1. The summed E-state index contributed by atoms with van der Waals surface area (Å²) in [4.78, 5) is 24.1. The molecule has 1 aliphatic rings. The molecule has 1 rings (SSSR count). The van der Waals surface area contributed by atoms with E-state index < -0.39 is 12.0 Å². The third-order valence-corrected chi connectivity index (χ3v) is 2.85. The molecular weight excluding hydrogens is 217 g/mol. The Balaban J connectivity index is 0.00000225. The zero-order valence-corrected chi connectivity index (χ0v) is 12.2. The number of carbonyl (C=O) groups excluding carboxylic acids is 1. The summed E-state index contributed by atoms with van der Waals surface area (Å²) < 4.78 is 0. The molecule has 0 aromatic carbocycles. The predicted octanol–water partition coefficient (Wildman–Crippen LogP) is 1.26. The Morgan fingerprint density at radius 2 is 2.06 bits per heavy atom. The first-order valence-electron chi connectivity index (χ1n) is 5.69. The fourth-order valence-electron chi connectivity index (χ4n) is 1.99. The van der Waals surface area contributed by atoms with Crippen LogP contribution >= 0.6 is 0 Å². The summed E-state index contributed by atoms with van der Waals surface area (Å²) in [6, 6.07) is -0.570. The summed E-state index contributed by atoms with van der Waals surface area (Å²) in [5.41, 5.74) is 0. The van der Waals surface area contributed by atoms with Gasteiger partial charge in [-0.2, -0.15) is 0 Å². The van der Waals surface area contributed by atoms with Crippen LogP contribution in [0.4, 0.5) is 0 Å². The van der Waals surface area contributed by atoms with Crippen LogP contribution in [0.15, 0.2) is 0 Å². The zero-order valence-electron chi connectivity index (χ0n) is 10.2. The third kappa shape index (κ3) is 4.44. The number of nitrogens with zero attached hydrogens (tertiary/aromatic N) is 1. The van der Waals surface area contributed by atoms with Gasteiger partial charge in [0.2, 0.25) is 5.91 Å². The number of carbonyl (C=O) groups is 2. The van der Waals surface area contributed by atoms with Gasteiger partial charge in [-0.1, -0.05) is 19.8 Å². The summed E-state index contributed by atoms with van der Waals surface area (Å²) in [5, 5.41) is 8.91. The summed E-state index contributed by atoms with van der Waals surface area (Å²) in [5.74, 6) is -0.857. The van der Waals surface area contributed by atoms with E-state index in [1.54, 1.807) is 0 Å². The number of carboxylic acids is 1. The molecule has 16 heavy (non-hydrogen) atoms. The van der Waals surface area contributed by atoms with Crippen molar-refractivity contribution in [2.24, 2.45) is 0 Å². The molecule has 1 fully saturated rings. The maximum atomic E-state index is 11.7. The molecule has 0 saturated carbocycles. The minimum atomic E-state index is -0.864. The van der Waals surface area contributed by atoms with Crippen molar-refractivity contribution < 1.29 is 14.7 Å². The van der Waals surface area contributed by atoms with Crippen LogP contribution in [-0.4, -0.2) is 64.0 Å². The first-order valence-corrected chi connectivity index (χ1v) is 5.69. The van der Waals surface area contributed by atoms with Crippen molar-refractivity contribution in [1.29, 1.82) is 0 Å². The number of aliphatic carboxylic acids is 1. The van der Waals surface area contributed by atoms with Gasteiger partial charge in [-0.25, -0.2) is 4.79 Å². The zero-order chi connectivity index (χ0) is 11.3. The van der Waals surface area contributed by atoms with Gasteiger partial charge in [0.25, 0.3) is 0 Å². The number of carboxylic acid groups (broad SMARTS) is 1. The SMILES string of the molecule is CCCCCC(=O)N1CCC[C@H]1C(=O)O.[Na]. The van der Waals surface area contributed by atoms with E-state index in [1.807, 2.05) is 0 Å². The smallest absolute Gasteiger partial charge is 0.326 e. The number of rotatable bonds is 5. The number of unbranched alkanes of at least 4 members (excludes halogenated alkanes) is 2. The summed E-state index contributed by atoms with van der Waals surface area (Å²) in [7, 11) is 0. The van der Waals surface area contributed by atoms with Crippen molar-refractivity contribution in [2.45, 2.75) is 51.5 Å². The van der Waals surface area contributed by atoms with E-state index in [0.29, 0.717) is 19.4 Å². The molecule has 1 amide bonds. The first-order chi connectivity index (χ1) is 7.16. The van der Waals surface area contributed by atoms with E-state index in [1.165, 1.54) is 4.90 Å². The molecule has 0 aliphatic carbocycles. The molecule has 1 aliphatic heterocycles. The molecule has 0 spiro atoms. The second-order valence-electron chi connectivity index (χ2n) is 4.04.